The molecule has 0 bridgehead atoms. The molecule has 112 valence electrons. The molecule has 0 aromatic heterocycles. The first-order valence-corrected chi connectivity index (χ1v) is 7.59. The largest absolute Gasteiger partial charge is 0.350 e. The summed E-state index contributed by atoms with van der Waals surface area (Å²) in [5, 5.41) is 2.68. The number of carbonyl (C=O) groups excluding carboxylic acids is 1. The highest BCUT2D eigenvalue weighted by Gasteiger charge is 2.24. The predicted octanol–water partition coefficient (Wildman–Crippen LogP) is 1.41. The van der Waals surface area contributed by atoms with Crippen LogP contribution in [0.3, 0.4) is 0 Å². The van der Waals surface area contributed by atoms with Crippen LogP contribution in [0.15, 0.2) is 29.2 Å². The van der Waals surface area contributed by atoms with Crippen molar-refractivity contribution in [3.05, 3.63) is 30.1 Å². The number of carbonyl (C=O) groups is 1. The minimum atomic E-state index is -3.85. The lowest BCUT2D eigenvalue weighted by molar-refractivity contribution is -0.123. The third kappa shape index (κ3) is 4.90. The van der Waals surface area contributed by atoms with E-state index in [-0.39, 0.29) is 4.90 Å². The van der Waals surface area contributed by atoms with Gasteiger partial charge in [-0.25, -0.2) is 12.8 Å². The van der Waals surface area contributed by atoms with Gasteiger partial charge < -0.3 is 5.32 Å². The van der Waals surface area contributed by atoms with E-state index in [1.807, 2.05) is 0 Å². The first kappa shape index (κ1) is 16.6. The molecule has 1 amide bonds. The molecule has 1 unspecified atom stereocenters. The summed E-state index contributed by atoms with van der Waals surface area (Å²) in [4.78, 5) is 11.7. The highest BCUT2D eigenvalue weighted by molar-refractivity contribution is 7.89. The van der Waals surface area contributed by atoms with E-state index >= 15 is 0 Å². The lowest BCUT2D eigenvalue weighted by atomic mass is 10.1. The molecule has 5 nitrogen and oxygen atoms in total. The summed E-state index contributed by atoms with van der Waals surface area (Å²) in [5.74, 6) is -0.953. The molecule has 0 saturated heterocycles. The molecular weight excluding hydrogens is 283 g/mol. The molecule has 7 heteroatoms. The van der Waals surface area contributed by atoms with Crippen LogP contribution in [-0.2, 0) is 14.8 Å². The smallest absolute Gasteiger partial charge is 0.241 e. The Morgan fingerprint density at radius 3 is 2.15 bits per heavy atom. The number of amides is 1. The summed E-state index contributed by atoms with van der Waals surface area (Å²) >= 11 is 0. The fourth-order valence-electron chi connectivity index (χ4n) is 1.45. The molecule has 0 spiro atoms. The molecule has 0 heterocycles. The van der Waals surface area contributed by atoms with Crippen LogP contribution in [0.5, 0.6) is 0 Å². The molecular formula is C13H19FN2O3S. The average molecular weight is 302 g/mol. The summed E-state index contributed by atoms with van der Waals surface area (Å²) in [6.45, 7) is 6.84. The second kappa shape index (κ2) is 5.88. The van der Waals surface area contributed by atoms with Gasteiger partial charge in [0.05, 0.1) is 10.9 Å². The van der Waals surface area contributed by atoms with E-state index in [1.54, 1.807) is 20.8 Å². The second-order valence-corrected chi connectivity index (χ2v) is 7.25. The SMILES string of the molecule is CC(NS(=O)(=O)c1ccc(F)cc1)C(=O)NC(C)(C)C. The predicted molar refractivity (Wildman–Crippen MR) is 74.1 cm³/mol. The van der Waals surface area contributed by atoms with Gasteiger partial charge in [-0.3, -0.25) is 4.79 Å². The maximum Gasteiger partial charge on any atom is 0.241 e. The molecule has 0 aliphatic carbocycles. The van der Waals surface area contributed by atoms with Crippen LogP contribution in [0.2, 0.25) is 0 Å². The molecule has 1 aromatic rings. The van der Waals surface area contributed by atoms with Crippen LogP contribution in [0, 0.1) is 5.82 Å². The maximum atomic E-state index is 12.8. The van der Waals surface area contributed by atoms with Crippen LogP contribution in [0.25, 0.3) is 0 Å². The van der Waals surface area contributed by atoms with E-state index in [9.17, 15) is 17.6 Å². The van der Waals surface area contributed by atoms with Crippen molar-refractivity contribution in [2.75, 3.05) is 0 Å². The topological polar surface area (TPSA) is 75.3 Å². The maximum absolute atomic E-state index is 12.8. The van der Waals surface area contributed by atoms with Gasteiger partial charge in [-0.05, 0) is 52.0 Å². The van der Waals surface area contributed by atoms with Crippen molar-refractivity contribution < 1.29 is 17.6 Å². The zero-order chi connectivity index (χ0) is 15.6. The third-order valence-corrected chi connectivity index (χ3v) is 3.90. The summed E-state index contributed by atoms with van der Waals surface area (Å²) in [6, 6.07) is 3.46. The van der Waals surface area contributed by atoms with E-state index in [1.165, 1.54) is 6.92 Å². The third-order valence-electron chi connectivity index (χ3n) is 2.35. The second-order valence-electron chi connectivity index (χ2n) is 5.54. The molecule has 0 aliphatic heterocycles. The van der Waals surface area contributed by atoms with Crippen molar-refractivity contribution in [1.29, 1.82) is 0 Å². The normalized spacial score (nSPS) is 13.8. The van der Waals surface area contributed by atoms with Crippen molar-refractivity contribution in [3.8, 4) is 0 Å². The molecule has 0 saturated carbocycles. The van der Waals surface area contributed by atoms with Crippen molar-refractivity contribution in [1.82, 2.24) is 10.0 Å². The van der Waals surface area contributed by atoms with Gasteiger partial charge in [-0.15, -0.1) is 0 Å². The molecule has 0 fully saturated rings. The van der Waals surface area contributed by atoms with Gasteiger partial charge >= 0.3 is 0 Å². The Kier molecular flexibility index (Phi) is 4.88. The minimum absolute atomic E-state index is 0.0886. The van der Waals surface area contributed by atoms with Crippen molar-refractivity contribution >= 4 is 15.9 Å². The Hall–Kier alpha value is -1.47. The molecule has 2 N–H and O–H groups in total. The lowest BCUT2D eigenvalue weighted by Gasteiger charge is -2.23. The minimum Gasteiger partial charge on any atom is -0.350 e. The van der Waals surface area contributed by atoms with Crippen LogP contribution in [0.4, 0.5) is 4.39 Å². The molecule has 20 heavy (non-hydrogen) atoms. The molecule has 0 aliphatic rings. The quantitative estimate of drug-likeness (QED) is 0.883. The van der Waals surface area contributed by atoms with Gasteiger partial charge in [0.15, 0.2) is 0 Å². The zero-order valence-corrected chi connectivity index (χ0v) is 12.7. The average Bonchev–Trinajstić information content (AvgIpc) is 2.26. The number of rotatable bonds is 4. The number of hydrogen-bond acceptors (Lipinski definition) is 3. The van der Waals surface area contributed by atoms with Crippen LogP contribution >= 0.6 is 0 Å². The molecule has 0 radical (unpaired) electrons. The Bertz CT molecular complexity index is 577. The standard InChI is InChI=1S/C13H19FN2O3S/c1-9(12(17)15-13(2,3)4)16-20(18,19)11-7-5-10(14)6-8-11/h5-9,16H,1-4H3,(H,15,17). The first-order valence-electron chi connectivity index (χ1n) is 6.11. The fourth-order valence-corrected chi connectivity index (χ4v) is 2.65. The summed E-state index contributed by atoms with van der Waals surface area (Å²) in [6.07, 6.45) is 0. The Morgan fingerprint density at radius 1 is 1.20 bits per heavy atom. The van der Waals surface area contributed by atoms with Gasteiger partial charge in [-0.2, -0.15) is 4.72 Å². The van der Waals surface area contributed by atoms with Crippen molar-refractivity contribution in [2.24, 2.45) is 0 Å². The van der Waals surface area contributed by atoms with Gasteiger partial charge in [-0.1, -0.05) is 0 Å². The number of benzene rings is 1. The van der Waals surface area contributed by atoms with Crippen molar-refractivity contribution in [2.45, 2.75) is 44.2 Å². The molecule has 1 aromatic carbocycles. The van der Waals surface area contributed by atoms with Gasteiger partial charge in [0.25, 0.3) is 0 Å². The Morgan fingerprint density at radius 2 is 1.70 bits per heavy atom. The van der Waals surface area contributed by atoms with E-state index in [0.29, 0.717) is 0 Å². The Labute approximate surface area is 118 Å². The summed E-state index contributed by atoms with van der Waals surface area (Å²) < 4.78 is 39.0. The highest BCUT2D eigenvalue weighted by atomic mass is 32.2. The summed E-state index contributed by atoms with van der Waals surface area (Å²) in [7, 11) is -3.85. The number of hydrogen-bond donors (Lipinski definition) is 2. The van der Waals surface area contributed by atoms with Crippen LogP contribution in [0.1, 0.15) is 27.7 Å². The monoisotopic (exact) mass is 302 g/mol. The lowest BCUT2D eigenvalue weighted by Crippen LogP contribution is -2.50. The van der Waals surface area contributed by atoms with E-state index < -0.39 is 33.3 Å². The molecule has 1 atom stereocenters. The molecule has 1 rings (SSSR count). The van der Waals surface area contributed by atoms with Crippen LogP contribution < -0.4 is 10.0 Å². The first-order chi connectivity index (χ1) is 9.01. The Balaban J connectivity index is 2.81. The number of nitrogens with one attached hydrogen (secondary N) is 2. The van der Waals surface area contributed by atoms with Crippen LogP contribution in [-0.4, -0.2) is 25.9 Å². The fraction of sp³-hybridized carbons (Fsp3) is 0.462. The van der Waals surface area contributed by atoms with Gasteiger partial charge in [0.1, 0.15) is 5.82 Å². The number of halogens is 1. The zero-order valence-electron chi connectivity index (χ0n) is 11.9. The summed E-state index contributed by atoms with van der Waals surface area (Å²) in [5.41, 5.74) is -0.452. The van der Waals surface area contributed by atoms with Gasteiger partial charge in [0.2, 0.25) is 15.9 Å². The van der Waals surface area contributed by atoms with E-state index in [0.717, 1.165) is 24.3 Å². The van der Waals surface area contributed by atoms with E-state index in [2.05, 4.69) is 10.0 Å². The van der Waals surface area contributed by atoms with Crippen molar-refractivity contribution in [3.63, 3.8) is 0 Å². The highest BCUT2D eigenvalue weighted by Crippen LogP contribution is 2.10. The van der Waals surface area contributed by atoms with Gasteiger partial charge in [0, 0.05) is 5.54 Å². The van der Waals surface area contributed by atoms with E-state index in [4.69, 9.17) is 0 Å². The number of sulfonamides is 1.